The SMILES string of the molecule is OCCC1CNc2nc(N3CCNCC3)nn2C1. The number of aliphatic hydroxyl groups is 1. The number of fused-ring (bicyclic) bond motifs is 1. The van der Waals surface area contributed by atoms with Gasteiger partial charge in [-0.3, -0.25) is 0 Å². The molecule has 0 radical (unpaired) electrons. The predicted octanol–water partition coefficient (Wildman–Crippen LogP) is -0.888. The number of anilines is 2. The molecule has 1 unspecified atom stereocenters. The zero-order valence-corrected chi connectivity index (χ0v) is 10.5. The third-order valence-electron chi connectivity index (χ3n) is 3.58. The number of rotatable bonds is 3. The van der Waals surface area contributed by atoms with Gasteiger partial charge in [-0.05, 0) is 12.3 Å². The quantitative estimate of drug-likeness (QED) is 0.648. The van der Waals surface area contributed by atoms with Crippen LogP contribution >= 0.6 is 0 Å². The van der Waals surface area contributed by atoms with Crippen molar-refractivity contribution < 1.29 is 5.11 Å². The second kappa shape index (κ2) is 5.11. The summed E-state index contributed by atoms with van der Waals surface area (Å²) < 4.78 is 1.93. The van der Waals surface area contributed by atoms with Crippen LogP contribution in [0.3, 0.4) is 0 Å². The predicted molar refractivity (Wildman–Crippen MR) is 68.8 cm³/mol. The average molecular weight is 252 g/mol. The zero-order chi connectivity index (χ0) is 12.4. The molecule has 2 aliphatic heterocycles. The van der Waals surface area contributed by atoms with E-state index in [-0.39, 0.29) is 6.61 Å². The van der Waals surface area contributed by atoms with Gasteiger partial charge in [0.1, 0.15) is 0 Å². The molecular formula is C11H20N6O. The Balaban J connectivity index is 1.72. The maximum absolute atomic E-state index is 8.99. The van der Waals surface area contributed by atoms with E-state index in [9.17, 15) is 0 Å². The molecule has 1 aromatic rings. The molecule has 0 saturated carbocycles. The van der Waals surface area contributed by atoms with Crippen molar-refractivity contribution in [3.8, 4) is 0 Å². The fourth-order valence-electron chi connectivity index (χ4n) is 2.51. The number of aliphatic hydroxyl groups excluding tert-OH is 1. The Labute approximate surface area is 106 Å². The highest BCUT2D eigenvalue weighted by Gasteiger charge is 2.23. The van der Waals surface area contributed by atoms with Gasteiger partial charge in [0.25, 0.3) is 0 Å². The molecule has 0 bridgehead atoms. The molecule has 7 nitrogen and oxygen atoms in total. The van der Waals surface area contributed by atoms with Crippen molar-refractivity contribution in [3.63, 3.8) is 0 Å². The lowest BCUT2D eigenvalue weighted by Gasteiger charge is -2.25. The molecule has 1 aromatic heterocycles. The summed E-state index contributed by atoms with van der Waals surface area (Å²) in [6, 6.07) is 0. The van der Waals surface area contributed by atoms with Crippen LogP contribution in [0.1, 0.15) is 6.42 Å². The summed E-state index contributed by atoms with van der Waals surface area (Å²) in [5.74, 6) is 2.13. The molecule has 2 aliphatic rings. The lowest BCUT2D eigenvalue weighted by molar-refractivity contribution is 0.244. The second-order valence-corrected chi connectivity index (χ2v) is 4.91. The van der Waals surface area contributed by atoms with Gasteiger partial charge in [0.2, 0.25) is 11.9 Å². The minimum absolute atomic E-state index is 0.237. The van der Waals surface area contributed by atoms with Gasteiger partial charge in [0, 0.05) is 45.9 Å². The van der Waals surface area contributed by atoms with Crippen LogP contribution in [0, 0.1) is 5.92 Å². The normalized spacial score (nSPS) is 23.6. The molecule has 0 spiro atoms. The van der Waals surface area contributed by atoms with E-state index in [1.807, 2.05) is 4.68 Å². The highest BCUT2D eigenvalue weighted by Crippen LogP contribution is 2.21. The summed E-state index contributed by atoms with van der Waals surface area (Å²) >= 11 is 0. The third kappa shape index (κ3) is 2.28. The van der Waals surface area contributed by atoms with E-state index < -0.39 is 0 Å². The van der Waals surface area contributed by atoms with Crippen molar-refractivity contribution in [3.05, 3.63) is 0 Å². The van der Waals surface area contributed by atoms with Crippen molar-refractivity contribution >= 4 is 11.9 Å². The number of aromatic nitrogens is 3. The van der Waals surface area contributed by atoms with E-state index >= 15 is 0 Å². The molecule has 18 heavy (non-hydrogen) atoms. The highest BCUT2D eigenvalue weighted by molar-refractivity contribution is 5.39. The average Bonchev–Trinajstić information content (AvgIpc) is 2.83. The maximum atomic E-state index is 8.99. The van der Waals surface area contributed by atoms with E-state index in [1.54, 1.807) is 0 Å². The number of hydrogen-bond donors (Lipinski definition) is 3. The highest BCUT2D eigenvalue weighted by atomic mass is 16.3. The van der Waals surface area contributed by atoms with E-state index in [4.69, 9.17) is 5.11 Å². The monoisotopic (exact) mass is 252 g/mol. The van der Waals surface area contributed by atoms with Crippen LogP contribution in [0.15, 0.2) is 0 Å². The molecule has 3 heterocycles. The molecule has 100 valence electrons. The van der Waals surface area contributed by atoms with Crippen LogP contribution in [-0.2, 0) is 6.54 Å². The van der Waals surface area contributed by atoms with Gasteiger partial charge in [-0.15, -0.1) is 5.10 Å². The van der Waals surface area contributed by atoms with E-state index in [0.29, 0.717) is 5.92 Å². The Kier molecular flexibility index (Phi) is 3.33. The summed E-state index contributed by atoms with van der Waals surface area (Å²) in [5.41, 5.74) is 0. The summed E-state index contributed by atoms with van der Waals surface area (Å²) in [7, 11) is 0. The summed E-state index contributed by atoms with van der Waals surface area (Å²) in [6.07, 6.45) is 0.815. The van der Waals surface area contributed by atoms with Gasteiger partial charge < -0.3 is 20.6 Å². The Hall–Kier alpha value is -1.34. The number of nitrogens with one attached hydrogen (secondary N) is 2. The molecule has 3 rings (SSSR count). The van der Waals surface area contributed by atoms with Crippen LogP contribution in [0.5, 0.6) is 0 Å². The first-order valence-electron chi connectivity index (χ1n) is 6.62. The van der Waals surface area contributed by atoms with Crippen LogP contribution in [0.2, 0.25) is 0 Å². The molecule has 7 heteroatoms. The van der Waals surface area contributed by atoms with Gasteiger partial charge in [-0.2, -0.15) is 4.98 Å². The van der Waals surface area contributed by atoms with Gasteiger partial charge in [-0.1, -0.05) is 0 Å². The lowest BCUT2D eigenvalue weighted by atomic mass is 10.1. The molecule has 0 aromatic carbocycles. The molecular weight excluding hydrogens is 232 g/mol. The Morgan fingerprint density at radius 3 is 2.94 bits per heavy atom. The number of piperazine rings is 1. The smallest absolute Gasteiger partial charge is 0.246 e. The van der Waals surface area contributed by atoms with Crippen LogP contribution in [0.4, 0.5) is 11.9 Å². The summed E-state index contributed by atoms with van der Waals surface area (Å²) in [5, 5.41) is 20.2. The first kappa shape index (κ1) is 11.7. The third-order valence-corrected chi connectivity index (χ3v) is 3.58. The second-order valence-electron chi connectivity index (χ2n) is 4.91. The minimum atomic E-state index is 0.237. The van der Waals surface area contributed by atoms with Gasteiger partial charge >= 0.3 is 0 Å². The van der Waals surface area contributed by atoms with Crippen molar-refractivity contribution in [2.24, 2.45) is 5.92 Å². The zero-order valence-electron chi connectivity index (χ0n) is 10.5. The van der Waals surface area contributed by atoms with Crippen LogP contribution in [0.25, 0.3) is 0 Å². The standard InChI is InChI=1S/C11H20N6O/c18-6-1-9-7-13-10-14-11(15-17(10)8-9)16-4-2-12-3-5-16/h9,12,18H,1-8H2,(H,13,14,15). The lowest BCUT2D eigenvalue weighted by Crippen LogP contribution is -2.44. The van der Waals surface area contributed by atoms with Crippen molar-refractivity contribution in [2.45, 2.75) is 13.0 Å². The summed E-state index contributed by atoms with van der Waals surface area (Å²) in [4.78, 5) is 6.76. The van der Waals surface area contributed by atoms with Crippen molar-refractivity contribution in [1.29, 1.82) is 0 Å². The molecule has 1 fully saturated rings. The number of hydrogen-bond acceptors (Lipinski definition) is 6. The largest absolute Gasteiger partial charge is 0.396 e. The fraction of sp³-hybridized carbons (Fsp3) is 0.818. The van der Waals surface area contributed by atoms with Crippen molar-refractivity contribution in [2.75, 3.05) is 49.5 Å². The van der Waals surface area contributed by atoms with Crippen molar-refractivity contribution in [1.82, 2.24) is 20.1 Å². The molecule has 1 atom stereocenters. The van der Waals surface area contributed by atoms with Crippen LogP contribution in [-0.4, -0.2) is 59.2 Å². The molecule has 3 N–H and O–H groups in total. The van der Waals surface area contributed by atoms with Gasteiger partial charge in [0.15, 0.2) is 0 Å². The topological polar surface area (TPSA) is 78.2 Å². The number of nitrogens with zero attached hydrogens (tertiary/aromatic N) is 4. The van der Waals surface area contributed by atoms with Gasteiger partial charge in [0.05, 0.1) is 0 Å². The fourth-order valence-corrected chi connectivity index (χ4v) is 2.51. The molecule has 0 aliphatic carbocycles. The van der Waals surface area contributed by atoms with E-state index in [2.05, 4.69) is 25.6 Å². The Morgan fingerprint density at radius 1 is 1.33 bits per heavy atom. The Bertz CT molecular complexity index is 400. The van der Waals surface area contributed by atoms with E-state index in [0.717, 1.165) is 57.6 Å². The van der Waals surface area contributed by atoms with Gasteiger partial charge in [-0.25, -0.2) is 4.68 Å². The molecule has 1 saturated heterocycles. The molecule has 0 amide bonds. The minimum Gasteiger partial charge on any atom is -0.396 e. The van der Waals surface area contributed by atoms with E-state index in [1.165, 1.54) is 0 Å². The Morgan fingerprint density at radius 2 is 2.17 bits per heavy atom. The first-order chi connectivity index (χ1) is 8.86. The first-order valence-corrected chi connectivity index (χ1v) is 6.62. The summed E-state index contributed by atoms with van der Waals surface area (Å²) in [6.45, 7) is 5.87. The maximum Gasteiger partial charge on any atom is 0.246 e. The van der Waals surface area contributed by atoms with Crippen LogP contribution < -0.4 is 15.5 Å².